The Balaban J connectivity index is 2.24. The molecule has 1 aromatic heterocycles. The molecule has 1 heterocycles. The van der Waals surface area contributed by atoms with Crippen LogP contribution in [0.25, 0.3) is 0 Å². The molecule has 0 fully saturated rings. The summed E-state index contributed by atoms with van der Waals surface area (Å²) in [5.41, 5.74) is 8.55. The topological polar surface area (TPSA) is 43.1 Å². The van der Waals surface area contributed by atoms with E-state index in [1.807, 2.05) is 41.9 Å². The van der Waals surface area contributed by atoms with E-state index in [-0.39, 0.29) is 0 Å². The average molecular weight is 251 g/mol. The first-order valence-electron chi connectivity index (χ1n) is 4.93. The zero-order chi connectivity index (χ0) is 11.5. The zero-order valence-corrected chi connectivity index (χ0v) is 10.6. The Kier molecular flexibility index (Phi) is 3.41. The van der Waals surface area contributed by atoms with Gasteiger partial charge in [0.05, 0.1) is 16.6 Å². The Hall–Kier alpha value is -1.13. The smallest absolute Gasteiger partial charge is 0.0577 e. The van der Waals surface area contributed by atoms with Crippen LogP contribution in [-0.2, 0) is 16.6 Å². The van der Waals surface area contributed by atoms with E-state index < -0.39 is 10.8 Å². The van der Waals surface area contributed by atoms with Gasteiger partial charge in [-0.05, 0) is 47.0 Å². The fourth-order valence-electron chi connectivity index (χ4n) is 1.48. The van der Waals surface area contributed by atoms with E-state index in [1.54, 1.807) is 11.3 Å². The highest BCUT2D eigenvalue weighted by atomic mass is 32.2. The molecule has 2 N–H and O–H groups in total. The van der Waals surface area contributed by atoms with Crippen LogP contribution >= 0.6 is 11.3 Å². The average Bonchev–Trinajstić information content (AvgIpc) is 2.74. The van der Waals surface area contributed by atoms with Crippen LogP contribution in [0.1, 0.15) is 11.1 Å². The molecule has 4 heteroatoms. The summed E-state index contributed by atoms with van der Waals surface area (Å²) in [6.07, 6.45) is 0. The maximum atomic E-state index is 12.1. The Morgan fingerprint density at radius 3 is 2.88 bits per heavy atom. The molecule has 2 aromatic rings. The van der Waals surface area contributed by atoms with Crippen LogP contribution < -0.4 is 5.73 Å². The lowest BCUT2D eigenvalue weighted by Gasteiger charge is -2.07. The van der Waals surface area contributed by atoms with E-state index in [2.05, 4.69) is 0 Å². The number of nitrogen functional groups attached to an aromatic ring is 1. The predicted octanol–water partition coefficient (Wildman–Crippen LogP) is 2.95. The van der Waals surface area contributed by atoms with Crippen LogP contribution in [-0.4, -0.2) is 4.21 Å². The van der Waals surface area contributed by atoms with E-state index in [9.17, 15) is 4.21 Å². The summed E-state index contributed by atoms with van der Waals surface area (Å²) < 4.78 is 12.1. The molecule has 0 spiro atoms. The second-order valence-corrected chi connectivity index (χ2v) is 5.79. The Labute approximate surface area is 102 Å². The number of nitrogens with two attached hydrogens (primary N) is 1. The van der Waals surface area contributed by atoms with Crippen LogP contribution in [0, 0.1) is 6.92 Å². The van der Waals surface area contributed by atoms with Crippen molar-refractivity contribution in [1.29, 1.82) is 0 Å². The lowest BCUT2D eigenvalue weighted by atomic mass is 10.2. The molecule has 1 unspecified atom stereocenters. The molecule has 1 atom stereocenters. The normalized spacial score (nSPS) is 12.6. The molecule has 2 nitrogen and oxygen atoms in total. The van der Waals surface area contributed by atoms with Crippen molar-refractivity contribution in [2.24, 2.45) is 0 Å². The van der Waals surface area contributed by atoms with Crippen LogP contribution in [0.3, 0.4) is 0 Å². The maximum absolute atomic E-state index is 12.1. The number of anilines is 1. The Morgan fingerprint density at radius 2 is 2.19 bits per heavy atom. The van der Waals surface area contributed by atoms with Crippen molar-refractivity contribution in [3.05, 3.63) is 46.2 Å². The first kappa shape index (κ1) is 11.4. The van der Waals surface area contributed by atoms with Crippen LogP contribution in [0.4, 0.5) is 5.69 Å². The van der Waals surface area contributed by atoms with Gasteiger partial charge in [0.1, 0.15) is 0 Å². The molecular formula is C12H13NOS2. The van der Waals surface area contributed by atoms with Crippen molar-refractivity contribution in [1.82, 2.24) is 0 Å². The SMILES string of the molecule is Cc1c(N)cccc1S(=O)Cc1ccsc1. The highest BCUT2D eigenvalue weighted by molar-refractivity contribution is 7.84. The molecule has 0 aliphatic rings. The van der Waals surface area contributed by atoms with Gasteiger partial charge in [-0.25, -0.2) is 0 Å². The first-order valence-corrected chi connectivity index (χ1v) is 7.19. The molecule has 0 aliphatic heterocycles. The summed E-state index contributed by atoms with van der Waals surface area (Å²) in [5.74, 6) is 0.563. The number of thiophene rings is 1. The second-order valence-electron chi connectivity index (χ2n) is 3.59. The monoisotopic (exact) mass is 251 g/mol. The molecule has 84 valence electrons. The fourth-order valence-corrected chi connectivity index (χ4v) is 3.58. The number of benzene rings is 1. The minimum atomic E-state index is -1.01. The van der Waals surface area contributed by atoms with Crippen LogP contribution in [0.2, 0.25) is 0 Å². The molecule has 0 bridgehead atoms. The summed E-state index contributed by atoms with van der Waals surface area (Å²) in [6, 6.07) is 7.57. The molecule has 0 saturated carbocycles. The van der Waals surface area contributed by atoms with Crippen molar-refractivity contribution in [2.75, 3.05) is 5.73 Å². The molecule has 0 saturated heterocycles. The summed E-state index contributed by atoms with van der Waals surface area (Å²) >= 11 is 1.62. The van der Waals surface area contributed by atoms with Gasteiger partial charge in [0, 0.05) is 10.6 Å². The fraction of sp³-hybridized carbons (Fsp3) is 0.167. The van der Waals surface area contributed by atoms with Crippen LogP contribution in [0.15, 0.2) is 39.9 Å². The van der Waals surface area contributed by atoms with E-state index in [0.717, 1.165) is 16.0 Å². The third-order valence-corrected chi connectivity index (χ3v) is 4.71. The van der Waals surface area contributed by atoms with E-state index in [4.69, 9.17) is 5.73 Å². The number of hydrogen-bond donors (Lipinski definition) is 1. The minimum absolute atomic E-state index is 0.563. The zero-order valence-electron chi connectivity index (χ0n) is 8.97. The van der Waals surface area contributed by atoms with Gasteiger partial charge in [-0.15, -0.1) is 0 Å². The van der Waals surface area contributed by atoms with Gasteiger partial charge in [-0.1, -0.05) is 6.07 Å². The summed E-state index contributed by atoms with van der Waals surface area (Å²) in [6.45, 7) is 1.91. The standard InChI is InChI=1S/C12H13NOS2/c1-9-11(13)3-2-4-12(9)16(14)8-10-5-6-15-7-10/h2-7H,8,13H2,1H3. The molecular weight excluding hydrogens is 238 g/mol. The highest BCUT2D eigenvalue weighted by Crippen LogP contribution is 2.21. The van der Waals surface area contributed by atoms with Gasteiger partial charge < -0.3 is 5.73 Å². The number of hydrogen-bond acceptors (Lipinski definition) is 3. The molecule has 0 radical (unpaired) electrons. The van der Waals surface area contributed by atoms with Gasteiger partial charge in [-0.2, -0.15) is 11.3 Å². The van der Waals surface area contributed by atoms with Gasteiger partial charge in [0.2, 0.25) is 0 Å². The minimum Gasteiger partial charge on any atom is -0.398 e. The Bertz CT molecular complexity index is 506. The van der Waals surface area contributed by atoms with Gasteiger partial charge in [-0.3, -0.25) is 4.21 Å². The third-order valence-electron chi connectivity index (χ3n) is 2.45. The third kappa shape index (κ3) is 2.33. The predicted molar refractivity (Wildman–Crippen MR) is 70.0 cm³/mol. The molecule has 2 rings (SSSR count). The summed E-state index contributed by atoms with van der Waals surface area (Å²) in [7, 11) is -1.01. The Morgan fingerprint density at radius 1 is 1.38 bits per heavy atom. The first-order chi connectivity index (χ1) is 7.68. The second kappa shape index (κ2) is 4.80. The van der Waals surface area contributed by atoms with Crippen molar-refractivity contribution in [3.63, 3.8) is 0 Å². The van der Waals surface area contributed by atoms with Crippen molar-refractivity contribution >= 4 is 27.8 Å². The molecule has 0 aliphatic carbocycles. The van der Waals surface area contributed by atoms with E-state index >= 15 is 0 Å². The van der Waals surface area contributed by atoms with Gasteiger partial charge >= 0.3 is 0 Å². The van der Waals surface area contributed by atoms with Crippen molar-refractivity contribution < 1.29 is 4.21 Å². The number of rotatable bonds is 3. The van der Waals surface area contributed by atoms with E-state index in [1.165, 1.54) is 0 Å². The highest BCUT2D eigenvalue weighted by Gasteiger charge is 2.09. The quantitative estimate of drug-likeness (QED) is 0.852. The van der Waals surface area contributed by atoms with Crippen molar-refractivity contribution in [2.45, 2.75) is 17.6 Å². The molecule has 0 amide bonds. The van der Waals surface area contributed by atoms with Crippen molar-refractivity contribution in [3.8, 4) is 0 Å². The molecule has 1 aromatic carbocycles. The van der Waals surface area contributed by atoms with Gasteiger partial charge in [0.25, 0.3) is 0 Å². The summed E-state index contributed by atoms with van der Waals surface area (Å²) in [5, 5.41) is 4.03. The maximum Gasteiger partial charge on any atom is 0.0577 e. The van der Waals surface area contributed by atoms with E-state index in [0.29, 0.717) is 11.4 Å². The lowest BCUT2D eigenvalue weighted by molar-refractivity contribution is 0.682. The van der Waals surface area contributed by atoms with Crippen LogP contribution in [0.5, 0.6) is 0 Å². The molecule has 16 heavy (non-hydrogen) atoms. The lowest BCUT2D eigenvalue weighted by Crippen LogP contribution is -2.00. The summed E-state index contributed by atoms with van der Waals surface area (Å²) in [4.78, 5) is 0.839. The largest absolute Gasteiger partial charge is 0.398 e. The van der Waals surface area contributed by atoms with Gasteiger partial charge in [0.15, 0.2) is 0 Å².